The van der Waals surface area contributed by atoms with E-state index in [0.717, 1.165) is 6.42 Å². The molecule has 3 nitrogen and oxygen atoms in total. The van der Waals surface area contributed by atoms with Crippen LogP contribution in [0.3, 0.4) is 0 Å². The third-order valence-corrected chi connectivity index (χ3v) is 2.92. The van der Waals surface area contributed by atoms with Crippen LogP contribution in [0.2, 0.25) is 0 Å². The van der Waals surface area contributed by atoms with E-state index in [1.807, 2.05) is 0 Å². The van der Waals surface area contributed by atoms with Crippen molar-refractivity contribution >= 4 is 5.97 Å². The molecular weight excluding hydrogens is 192 g/mol. The first-order chi connectivity index (χ1) is 7.24. The average Bonchev–Trinajstić information content (AvgIpc) is 2.93. The summed E-state index contributed by atoms with van der Waals surface area (Å²) >= 11 is 0. The first-order valence-corrected chi connectivity index (χ1v) is 6.11. The molecule has 0 amide bonds. The van der Waals surface area contributed by atoms with Crippen molar-refractivity contribution in [1.82, 2.24) is 0 Å². The molecule has 1 heterocycles. The van der Waals surface area contributed by atoms with Gasteiger partial charge in [-0.3, -0.25) is 4.79 Å². The predicted molar refractivity (Wildman–Crippen MR) is 58.9 cm³/mol. The molecule has 0 radical (unpaired) electrons. The molecule has 2 atom stereocenters. The molecular formula is C12H22O3. The molecule has 1 N–H and O–H groups in total. The number of rotatable bonds is 9. The summed E-state index contributed by atoms with van der Waals surface area (Å²) in [4.78, 5) is 10.3. The van der Waals surface area contributed by atoms with E-state index in [0.29, 0.717) is 12.5 Å². The van der Waals surface area contributed by atoms with Gasteiger partial charge >= 0.3 is 5.97 Å². The van der Waals surface area contributed by atoms with Gasteiger partial charge in [0.25, 0.3) is 0 Å². The van der Waals surface area contributed by atoms with E-state index in [1.165, 1.54) is 32.1 Å². The third kappa shape index (κ3) is 5.78. The minimum atomic E-state index is -0.716. The van der Waals surface area contributed by atoms with E-state index < -0.39 is 5.97 Å². The average molecular weight is 214 g/mol. The van der Waals surface area contributed by atoms with Crippen molar-refractivity contribution in [3.05, 3.63) is 0 Å². The molecule has 0 bridgehead atoms. The fraction of sp³-hybridized carbons (Fsp3) is 0.917. The lowest BCUT2D eigenvalue weighted by molar-refractivity contribution is -0.137. The van der Waals surface area contributed by atoms with Crippen LogP contribution in [0.4, 0.5) is 0 Å². The smallest absolute Gasteiger partial charge is 0.303 e. The minimum absolute atomic E-state index is 0.243. The molecule has 0 aromatic carbocycles. The Morgan fingerprint density at radius 2 is 1.80 bits per heavy atom. The summed E-state index contributed by atoms with van der Waals surface area (Å²) in [6.45, 7) is 2.21. The molecule has 1 fully saturated rings. The number of aliphatic carboxylic acids is 1. The van der Waals surface area contributed by atoms with Crippen molar-refractivity contribution in [2.45, 2.75) is 70.5 Å². The summed E-state index contributed by atoms with van der Waals surface area (Å²) in [6.07, 6.45) is 9.12. The number of hydrogen-bond donors (Lipinski definition) is 1. The Labute approximate surface area is 91.8 Å². The topological polar surface area (TPSA) is 49.8 Å². The van der Waals surface area contributed by atoms with E-state index in [2.05, 4.69) is 6.92 Å². The minimum Gasteiger partial charge on any atom is -0.481 e. The quantitative estimate of drug-likeness (QED) is 0.474. The lowest BCUT2D eigenvalue weighted by atomic mass is 10.1. The maximum atomic E-state index is 10.3. The number of hydrogen-bond acceptors (Lipinski definition) is 2. The summed E-state index contributed by atoms with van der Waals surface area (Å²) in [7, 11) is 0. The van der Waals surface area contributed by atoms with Crippen molar-refractivity contribution in [2.24, 2.45) is 0 Å². The predicted octanol–water partition coefficient (Wildman–Crippen LogP) is 2.98. The van der Waals surface area contributed by atoms with Crippen molar-refractivity contribution in [3.8, 4) is 0 Å². The fourth-order valence-corrected chi connectivity index (χ4v) is 1.90. The van der Waals surface area contributed by atoms with Crippen LogP contribution >= 0.6 is 0 Å². The van der Waals surface area contributed by atoms with E-state index in [1.54, 1.807) is 0 Å². The number of epoxide rings is 1. The van der Waals surface area contributed by atoms with Crippen LogP contribution in [0.15, 0.2) is 0 Å². The highest BCUT2D eigenvalue weighted by Gasteiger charge is 2.37. The first kappa shape index (κ1) is 12.5. The number of carboxylic acids is 1. The Bertz CT molecular complexity index is 191. The largest absolute Gasteiger partial charge is 0.481 e. The highest BCUT2D eigenvalue weighted by Crippen LogP contribution is 2.31. The lowest BCUT2D eigenvalue weighted by Gasteiger charge is -1.97. The lowest BCUT2D eigenvalue weighted by Crippen LogP contribution is -2.00. The van der Waals surface area contributed by atoms with Gasteiger partial charge in [-0.2, -0.15) is 0 Å². The van der Waals surface area contributed by atoms with Gasteiger partial charge in [0, 0.05) is 6.42 Å². The Morgan fingerprint density at radius 3 is 2.47 bits per heavy atom. The third-order valence-electron chi connectivity index (χ3n) is 2.92. The first-order valence-electron chi connectivity index (χ1n) is 6.11. The van der Waals surface area contributed by atoms with Crippen LogP contribution in [0.1, 0.15) is 58.3 Å². The highest BCUT2D eigenvalue weighted by molar-refractivity contribution is 5.66. The fourth-order valence-electron chi connectivity index (χ4n) is 1.90. The second kappa shape index (κ2) is 6.83. The Hall–Kier alpha value is -0.570. The molecule has 1 saturated heterocycles. The van der Waals surface area contributed by atoms with Gasteiger partial charge < -0.3 is 9.84 Å². The van der Waals surface area contributed by atoms with Crippen LogP contribution in [-0.2, 0) is 9.53 Å². The SMILES string of the molecule is CCCCCCCC1OC1CCC(=O)O. The van der Waals surface area contributed by atoms with Crippen LogP contribution in [-0.4, -0.2) is 23.3 Å². The Balaban J connectivity index is 1.86. The molecule has 1 aliphatic rings. The van der Waals surface area contributed by atoms with Crippen LogP contribution in [0.5, 0.6) is 0 Å². The molecule has 0 saturated carbocycles. The Morgan fingerprint density at radius 1 is 1.13 bits per heavy atom. The molecule has 3 heteroatoms. The number of carbonyl (C=O) groups is 1. The van der Waals surface area contributed by atoms with Gasteiger partial charge in [0.2, 0.25) is 0 Å². The molecule has 0 spiro atoms. The molecule has 88 valence electrons. The number of carboxylic acid groups (broad SMARTS) is 1. The van der Waals surface area contributed by atoms with Gasteiger partial charge in [-0.1, -0.05) is 39.0 Å². The highest BCUT2D eigenvalue weighted by atomic mass is 16.6. The molecule has 1 rings (SSSR count). The van der Waals surface area contributed by atoms with Crippen molar-refractivity contribution < 1.29 is 14.6 Å². The standard InChI is InChI=1S/C12H22O3/c1-2-3-4-5-6-7-10-11(15-10)8-9-12(13)14/h10-11H,2-9H2,1H3,(H,13,14). The number of ether oxygens (including phenoxy) is 1. The zero-order valence-corrected chi connectivity index (χ0v) is 9.58. The molecule has 15 heavy (non-hydrogen) atoms. The normalized spacial score (nSPS) is 24.1. The Kier molecular flexibility index (Phi) is 5.69. The van der Waals surface area contributed by atoms with E-state index in [-0.39, 0.29) is 12.5 Å². The van der Waals surface area contributed by atoms with Gasteiger partial charge in [-0.05, 0) is 12.8 Å². The molecule has 0 aromatic rings. The summed E-state index contributed by atoms with van der Waals surface area (Å²) in [6, 6.07) is 0. The maximum Gasteiger partial charge on any atom is 0.303 e. The maximum absolute atomic E-state index is 10.3. The zero-order chi connectivity index (χ0) is 11.1. The van der Waals surface area contributed by atoms with E-state index in [9.17, 15) is 4.79 Å². The molecule has 1 aliphatic heterocycles. The second-order valence-corrected chi connectivity index (χ2v) is 4.35. The molecule has 2 unspecified atom stereocenters. The van der Waals surface area contributed by atoms with Crippen LogP contribution in [0.25, 0.3) is 0 Å². The zero-order valence-electron chi connectivity index (χ0n) is 9.58. The van der Waals surface area contributed by atoms with E-state index >= 15 is 0 Å². The van der Waals surface area contributed by atoms with Gasteiger partial charge in [-0.15, -0.1) is 0 Å². The molecule has 0 aromatic heterocycles. The summed E-state index contributed by atoms with van der Waals surface area (Å²) in [5, 5.41) is 8.49. The van der Waals surface area contributed by atoms with Gasteiger partial charge in [-0.25, -0.2) is 0 Å². The van der Waals surface area contributed by atoms with Crippen molar-refractivity contribution in [3.63, 3.8) is 0 Å². The summed E-state index contributed by atoms with van der Waals surface area (Å²) < 4.78 is 5.41. The second-order valence-electron chi connectivity index (χ2n) is 4.35. The van der Waals surface area contributed by atoms with Crippen LogP contribution < -0.4 is 0 Å². The summed E-state index contributed by atoms with van der Waals surface area (Å²) in [5.74, 6) is -0.716. The number of unbranched alkanes of at least 4 members (excludes halogenated alkanes) is 4. The van der Waals surface area contributed by atoms with Crippen molar-refractivity contribution in [2.75, 3.05) is 0 Å². The van der Waals surface area contributed by atoms with Gasteiger partial charge in [0.05, 0.1) is 12.2 Å². The molecule has 0 aliphatic carbocycles. The summed E-state index contributed by atoms with van der Waals surface area (Å²) in [5.41, 5.74) is 0. The van der Waals surface area contributed by atoms with Gasteiger partial charge in [0.1, 0.15) is 0 Å². The van der Waals surface area contributed by atoms with Crippen LogP contribution in [0, 0.1) is 0 Å². The van der Waals surface area contributed by atoms with E-state index in [4.69, 9.17) is 9.84 Å². The van der Waals surface area contributed by atoms with Gasteiger partial charge in [0.15, 0.2) is 0 Å². The monoisotopic (exact) mass is 214 g/mol. The van der Waals surface area contributed by atoms with Crippen molar-refractivity contribution in [1.29, 1.82) is 0 Å².